The molecule has 0 aromatic carbocycles. The third-order valence-electron chi connectivity index (χ3n) is 1.87. The maximum Gasteiger partial charge on any atom is 0.0479 e. The summed E-state index contributed by atoms with van der Waals surface area (Å²) >= 11 is 0. The molecule has 0 aliphatic rings. The number of hydrogen-bond acceptors (Lipinski definition) is 2. The molecule has 0 aliphatic heterocycles. The number of hydrogen-bond donors (Lipinski definition) is 1. The van der Waals surface area contributed by atoms with Gasteiger partial charge in [0.05, 0.1) is 0 Å². The van der Waals surface area contributed by atoms with Gasteiger partial charge in [0.15, 0.2) is 0 Å². The highest BCUT2D eigenvalue weighted by molar-refractivity contribution is 5.11. The summed E-state index contributed by atoms with van der Waals surface area (Å²) in [5, 5.41) is 20.0. The second kappa shape index (κ2) is 3.60. The average Bonchev–Trinajstić information content (AvgIpc) is 1.77. The lowest BCUT2D eigenvalue weighted by atomic mass is 9.77. The van der Waals surface area contributed by atoms with Crippen LogP contribution in [0.25, 0.3) is 0 Å². The smallest absolute Gasteiger partial charge is 0.0479 e. The van der Waals surface area contributed by atoms with Gasteiger partial charge in [-0.15, -0.1) is 0 Å². The molecule has 0 unspecified atom stereocenters. The molecule has 0 saturated heterocycles. The first-order valence-electron chi connectivity index (χ1n) is 4.63. The van der Waals surface area contributed by atoms with Crippen LogP contribution in [0.4, 0.5) is 0 Å². The number of allylic oxidation sites excluding steroid dienone is 1. The molecule has 0 bridgehead atoms. The molecule has 2 nitrogen and oxygen atoms in total. The molecule has 0 aromatic rings. The minimum Gasteiger partial charge on any atom is -0.629 e. The normalized spacial score (nSPS) is 15.5. The van der Waals surface area contributed by atoms with E-state index in [4.69, 9.17) is 5.11 Å². The van der Waals surface area contributed by atoms with Gasteiger partial charge >= 0.3 is 0 Å². The van der Waals surface area contributed by atoms with Crippen LogP contribution in [-0.4, -0.2) is 5.11 Å². The van der Waals surface area contributed by atoms with Gasteiger partial charge in [-0.2, -0.15) is 0 Å². The van der Waals surface area contributed by atoms with Crippen molar-refractivity contribution in [1.29, 1.82) is 0 Å². The molecule has 1 N–H and O–H groups in total. The Bertz CT molecular complexity index is 197. The van der Waals surface area contributed by atoms with Crippen molar-refractivity contribution in [1.82, 2.24) is 0 Å². The van der Waals surface area contributed by atoms with E-state index in [0.29, 0.717) is 12.0 Å². The number of aliphatic hydroxyl groups is 1. The minimum atomic E-state index is -0.762. The van der Waals surface area contributed by atoms with E-state index in [9.17, 15) is 5.11 Å². The molecular weight excluding hydrogens is 164 g/mol. The maximum atomic E-state index is 11.0. The van der Waals surface area contributed by atoms with Gasteiger partial charge in [0.25, 0.3) is 0 Å². The Morgan fingerprint density at radius 2 is 1.46 bits per heavy atom. The Labute approximate surface area is 81.3 Å². The van der Waals surface area contributed by atoms with Crippen molar-refractivity contribution in [3.05, 3.63) is 11.5 Å². The summed E-state index contributed by atoms with van der Waals surface area (Å²) in [6.45, 7) is 12.0. The van der Waals surface area contributed by atoms with Crippen molar-refractivity contribution in [2.75, 3.05) is 0 Å². The van der Waals surface area contributed by atoms with E-state index in [1.54, 1.807) is 0 Å². The Morgan fingerprint density at radius 1 is 1.08 bits per heavy atom. The van der Waals surface area contributed by atoms with Crippen LogP contribution in [0.3, 0.4) is 0 Å². The topological polar surface area (TPSA) is 43.3 Å². The molecule has 0 saturated carbocycles. The molecule has 0 radical (unpaired) electrons. The van der Waals surface area contributed by atoms with Crippen molar-refractivity contribution in [3.8, 4) is 0 Å². The molecule has 0 rings (SSSR count). The maximum absolute atomic E-state index is 11.0. The zero-order chi connectivity index (χ0) is 10.9. The van der Waals surface area contributed by atoms with Gasteiger partial charge < -0.3 is 10.2 Å². The largest absolute Gasteiger partial charge is 0.629 e. The second-order valence-corrected chi connectivity index (χ2v) is 5.77. The van der Waals surface area contributed by atoms with E-state index in [1.807, 2.05) is 20.8 Å². The predicted octanol–water partition coefficient (Wildman–Crippen LogP) is 2.60. The number of rotatable bonds is 1. The molecular formula is C11H21O2-. The van der Waals surface area contributed by atoms with Crippen LogP contribution in [-0.2, 0) is 0 Å². The van der Waals surface area contributed by atoms with E-state index in [2.05, 4.69) is 20.8 Å². The van der Waals surface area contributed by atoms with Gasteiger partial charge in [0.1, 0.15) is 0 Å². The highest BCUT2D eigenvalue weighted by atomic mass is 16.5. The van der Waals surface area contributed by atoms with Crippen LogP contribution in [0.15, 0.2) is 11.5 Å². The van der Waals surface area contributed by atoms with E-state index >= 15 is 0 Å². The van der Waals surface area contributed by atoms with Crippen LogP contribution < -0.4 is 5.11 Å². The highest BCUT2D eigenvalue weighted by Gasteiger charge is 2.23. The van der Waals surface area contributed by atoms with Crippen molar-refractivity contribution < 1.29 is 10.2 Å². The lowest BCUT2D eigenvalue weighted by Gasteiger charge is -2.31. The molecule has 13 heavy (non-hydrogen) atoms. The Hall–Kier alpha value is -0.660. The van der Waals surface area contributed by atoms with Crippen molar-refractivity contribution in [3.63, 3.8) is 0 Å². The summed E-state index contributed by atoms with van der Waals surface area (Å²) in [6.07, 6.45) is 0.645. The molecule has 0 fully saturated rings. The van der Waals surface area contributed by atoms with E-state index in [-0.39, 0.29) is 10.8 Å². The van der Waals surface area contributed by atoms with Crippen molar-refractivity contribution in [2.45, 2.75) is 48.0 Å². The van der Waals surface area contributed by atoms with E-state index in [1.165, 1.54) is 0 Å². The van der Waals surface area contributed by atoms with Gasteiger partial charge in [-0.25, -0.2) is 0 Å². The molecule has 0 aliphatic carbocycles. The Morgan fingerprint density at radius 3 is 1.54 bits per heavy atom. The highest BCUT2D eigenvalue weighted by Crippen LogP contribution is 2.35. The second-order valence-electron chi connectivity index (χ2n) is 5.77. The summed E-state index contributed by atoms with van der Waals surface area (Å²) in [7, 11) is 0. The zero-order valence-electron chi connectivity index (χ0n) is 9.56. The molecule has 0 amide bonds. The molecule has 0 spiro atoms. The van der Waals surface area contributed by atoms with Crippen LogP contribution in [0, 0.1) is 10.8 Å². The summed E-state index contributed by atoms with van der Waals surface area (Å²) < 4.78 is 0. The van der Waals surface area contributed by atoms with Gasteiger partial charge in [0.2, 0.25) is 0 Å². The zero-order valence-corrected chi connectivity index (χ0v) is 9.56. The molecule has 0 aromatic heterocycles. The average molecular weight is 185 g/mol. The fraction of sp³-hybridized carbons (Fsp3) is 0.818. The lowest BCUT2D eigenvalue weighted by molar-refractivity contribution is -0.352. The Kier molecular flexibility index (Phi) is 3.42. The standard InChI is InChI=1S/C11H22O2/c1-10(2,3)7-8(9(12)13)11(4,5)6/h12-13H,7H2,1-6H3/p-1. The van der Waals surface area contributed by atoms with E-state index < -0.39 is 5.95 Å². The predicted molar refractivity (Wildman–Crippen MR) is 53.2 cm³/mol. The SMILES string of the molecule is CC(C)(C)CC(=C([O-])O)C(C)(C)C. The van der Waals surface area contributed by atoms with Crippen molar-refractivity contribution in [2.24, 2.45) is 10.8 Å². The first-order valence-corrected chi connectivity index (χ1v) is 4.63. The van der Waals surface area contributed by atoms with Crippen LogP contribution >= 0.6 is 0 Å². The summed E-state index contributed by atoms with van der Waals surface area (Å²) in [4.78, 5) is 0. The van der Waals surface area contributed by atoms with Gasteiger partial charge in [0, 0.05) is 5.95 Å². The summed E-state index contributed by atoms with van der Waals surface area (Å²) in [5.74, 6) is -0.762. The molecule has 0 heterocycles. The quantitative estimate of drug-likeness (QED) is 0.638. The van der Waals surface area contributed by atoms with Gasteiger partial charge in [-0.05, 0) is 22.8 Å². The molecule has 0 atom stereocenters. The third kappa shape index (κ3) is 4.81. The fourth-order valence-corrected chi connectivity index (χ4v) is 1.19. The van der Waals surface area contributed by atoms with Gasteiger partial charge in [-0.3, -0.25) is 0 Å². The van der Waals surface area contributed by atoms with E-state index in [0.717, 1.165) is 0 Å². The lowest BCUT2D eigenvalue weighted by Crippen LogP contribution is -2.22. The number of aliphatic hydroxyl groups excluding tert-OH is 1. The van der Waals surface area contributed by atoms with Gasteiger partial charge in [-0.1, -0.05) is 41.5 Å². The Balaban J connectivity index is 4.80. The minimum absolute atomic E-state index is 0.0427. The third-order valence-corrected chi connectivity index (χ3v) is 1.87. The van der Waals surface area contributed by atoms with Crippen LogP contribution in [0.2, 0.25) is 0 Å². The van der Waals surface area contributed by atoms with Crippen LogP contribution in [0.1, 0.15) is 48.0 Å². The summed E-state index contributed by atoms with van der Waals surface area (Å²) in [5.41, 5.74) is 0.417. The van der Waals surface area contributed by atoms with Crippen LogP contribution in [0.5, 0.6) is 0 Å². The summed E-state index contributed by atoms with van der Waals surface area (Å²) in [6, 6.07) is 0. The monoisotopic (exact) mass is 185 g/mol. The first-order chi connectivity index (χ1) is 5.54. The van der Waals surface area contributed by atoms with Crippen molar-refractivity contribution >= 4 is 0 Å². The molecule has 2 heteroatoms. The fourth-order valence-electron chi connectivity index (χ4n) is 1.19. The molecule has 78 valence electrons. The first kappa shape index (κ1) is 12.3.